The fourth-order valence-electron chi connectivity index (χ4n) is 4.59. The smallest absolute Gasteiger partial charge is 0.417 e. The van der Waals surface area contributed by atoms with Crippen LogP contribution in [0, 0.1) is 29.6 Å². The van der Waals surface area contributed by atoms with E-state index in [-0.39, 0.29) is 30.1 Å². The molecule has 210 valence electrons. The summed E-state index contributed by atoms with van der Waals surface area (Å²) >= 11 is 7.46. The first kappa shape index (κ1) is 28.5. The molecule has 2 aromatic carbocycles. The molecule has 0 radical (unpaired) electrons. The molecule has 1 N–H and O–H groups in total. The van der Waals surface area contributed by atoms with Gasteiger partial charge in [0.1, 0.15) is 30.3 Å². The van der Waals surface area contributed by atoms with Crippen LogP contribution in [0.3, 0.4) is 0 Å². The van der Waals surface area contributed by atoms with Crippen LogP contribution in [0.4, 0.5) is 13.2 Å². The van der Waals surface area contributed by atoms with E-state index in [9.17, 15) is 38.4 Å². The first-order valence-electron chi connectivity index (χ1n) is 11.9. The Bertz CT molecular complexity index is 2080. The second kappa shape index (κ2) is 10.8. The molecule has 0 fully saturated rings. The fraction of sp³-hybridized carbons (Fsp3) is 0.143. The maximum atomic E-state index is 13.6. The van der Waals surface area contributed by atoms with Crippen LogP contribution in [-0.2, 0) is 12.7 Å². The van der Waals surface area contributed by atoms with Crippen molar-refractivity contribution < 1.29 is 27.8 Å². The normalized spacial score (nSPS) is 11.4. The van der Waals surface area contributed by atoms with Gasteiger partial charge in [0.25, 0.3) is 5.56 Å². The quantitative estimate of drug-likeness (QED) is 0.241. The van der Waals surface area contributed by atoms with Crippen molar-refractivity contribution in [3.63, 3.8) is 0 Å². The number of nitrogens with zero attached hydrogens (tertiary/aromatic N) is 5. The summed E-state index contributed by atoms with van der Waals surface area (Å²) in [5, 5.41) is 29.9. The highest BCUT2D eigenvalue weighted by Crippen LogP contribution is 2.40. The van der Waals surface area contributed by atoms with Crippen LogP contribution in [-0.4, -0.2) is 32.2 Å². The highest BCUT2D eigenvalue weighted by molar-refractivity contribution is 7.18. The number of halogens is 4. The highest BCUT2D eigenvalue weighted by Gasteiger charge is 2.36. The van der Waals surface area contributed by atoms with Crippen molar-refractivity contribution in [2.75, 3.05) is 6.61 Å². The van der Waals surface area contributed by atoms with E-state index in [4.69, 9.17) is 16.3 Å². The Kier molecular flexibility index (Phi) is 7.33. The summed E-state index contributed by atoms with van der Waals surface area (Å²) in [4.78, 5) is 33.3. The van der Waals surface area contributed by atoms with Gasteiger partial charge in [-0.2, -0.15) is 23.7 Å². The minimum Gasteiger partial charge on any atom is -0.491 e. The van der Waals surface area contributed by atoms with Crippen LogP contribution in [0.1, 0.15) is 32.9 Å². The van der Waals surface area contributed by atoms with Gasteiger partial charge in [0.2, 0.25) is 0 Å². The number of carboxylic acid groups (broad SMARTS) is 1. The minimum atomic E-state index is -4.93. The minimum absolute atomic E-state index is 0.0543. The molecule has 0 amide bonds. The van der Waals surface area contributed by atoms with E-state index in [0.29, 0.717) is 38.2 Å². The van der Waals surface area contributed by atoms with Crippen molar-refractivity contribution in [2.24, 2.45) is 0 Å². The number of benzene rings is 2. The van der Waals surface area contributed by atoms with Gasteiger partial charge in [0.05, 0.1) is 49.9 Å². The molecular formula is C28H15ClF3N5O4S. The Balaban J connectivity index is 1.53. The summed E-state index contributed by atoms with van der Waals surface area (Å²) in [6.07, 6.45) is -3.46. The SMILES string of the molecule is Cc1nc2cc(C(F)(F)F)c(C#N)c(C#N)c2c(=O)n1CCOc1ccc(Cl)cc1-c1ccnc2c(C(=O)O)csc12. The van der Waals surface area contributed by atoms with Gasteiger partial charge < -0.3 is 9.84 Å². The second-order valence-corrected chi connectivity index (χ2v) is 10.2. The number of alkyl halides is 3. The van der Waals surface area contributed by atoms with Crippen molar-refractivity contribution in [1.82, 2.24) is 14.5 Å². The number of nitriles is 2. The van der Waals surface area contributed by atoms with Gasteiger partial charge in [-0.15, -0.1) is 11.3 Å². The number of aromatic nitrogens is 3. The standard InChI is InChI=1S/C28H15ClF3N5O4S/c1-13-36-21-9-20(28(30,31)32)17(10-33)18(11-34)23(21)26(38)37(13)6-7-41-22-3-2-14(29)8-16(22)15-4-5-35-24-19(27(39)40)12-42-25(15)24/h2-5,8-9,12H,6-7H2,1H3,(H,39,40). The number of ether oxygens (including phenoxy) is 1. The summed E-state index contributed by atoms with van der Waals surface area (Å²) < 4.78 is 48.4. The number of pyridine rings is 1. The third kappa shape index (κ3) is 4.89. The predicted octanol–water partition coefficient (Wildman–Crippen LogP) is 6.17. The number of carbonyl (C=O) groups is 1. The lowest BCUT2D eigenvalue weighted by molar-refractivity contribution is -0.137. The number of aromatic carboxylic acids is 1. The van der Waals surface area contributed by atoms with Gasteiger partial charge >= 0.3 is 12.1 Å². The van der Waals surface area contributed by atoms with Crippen molar-refractivity contribution >= 4 is 50.0 Å². The monoisotopic (exact) mass is 609 g/mol. The number of aryl methyl sites for hydroxylation is 1. The Morgan fingerprint density at radius 1 is 1.17 bits per heavy atom. The Labute approximate surface area is 243 Å². The largest absolute Gasteiger partial charge is 0.491 e. The molecule has 0 aliphatic rings. The Morgan fingerprint density at radius 2 is 1.90 bits per heavy atom. The molecule has 0 aliphatic heterocycles. The van der Waals surface area contributed by atoms with E-state index < -0.39 is 39.8 Å². The molecule has 0 unspecified atom stereocenters. The van der Waals surface area contributed by atoms with Crippen molar-refractivity contribution in [2.45, 2.75) is 19.6 Å². The zero-order chi connectivity index (χ0) is 30.3. The Hall–Kier alpha value is -4.98. The third-order valence-electron chi connectivity index (χ3n) is 6.46. The molecule has 5 rings (SSSR count). The molecule has 3 heterocycles. The van der Waals surface area contributed by atoms with E-state index >= 15 is 0 Å². The molecule has 9 nitrogen and oxygen atoms in total. The summed E-state index contributed by atoms with van der Waals surface area (Å²) in [5.41, 5.74) is -2.62. The average molecular weight is 610 g/mol. The number of rotatable bonds is 6. The zero-order valence-corrected chi connectivity index (χ0v) is 22.9. The maximum Gasteiger partial charge on any atom is 0.417 e. The zero-order valence-electron chi connectivity index (χ0n) is 21.3. The number of hydrogen-bond donors (Lipinski definition) is 1. The number of carboxylic acids is 1. The van der Waals surface area contributed by atoms with E-state index in [1.165, 1.54) is 35.9 Å². The van der Waals surface area contributed by atoms with Crippen LogP contribution in [0.2, 0.25) is 5.02 Å². The van der Waals surface area contributed by atoms with Gasteiger partial charge in [-0.1, -0.05) is 11.6 Å². The second-order valence-electron chi connectivity index (χ2n) is 8.89. The molecule has 0 saturated carbocycles. The summed E-state index contributed by atoms with van der Waals surface area (Å²) in [6.45, 7) is 1.23. The van der Waals surface area contributed by atoms with E-state index in [2.05, 4.69) is 9.97 Å². The number of fused-ring (bicyclic) bond motifs is 2. The molecule has 14 heteroatoms. The maximum absolute atomic E-state index is 13.6. The molecular weight excluding hydrogens is 595 g/mol. The van der Waals surface area contributed by atoms with Crippen molar-refractivity contribution in [1.29, 1.82) is 10.5 Å². The first-order valence-corrected chi connectivity index (χ1v) is 13.2. The first-order chi connectivity index (χ1) is 20.0. The molecule has 0 bridgehead atoms. The lowest BCUT2D eigenvalue weighted by Crippen LogP contribution is -2.28. The molecule has 0 aliphatic carbocycles. The van der Waals surface area contributed by atoms with Crippen LogP contribution < -0.4 is 10.3 Å². The van der Waals surface area contributed by atoms with Crippen molar-refractivity contribution in [3.05, 3.63) is 85.4 Å². The average Bonchev–Trinajstić information content (AvgIpc) is 3.38. The number of hydrogen-bond acceptors (Lipinski definition) is 8. The van der Waals surface area contributed by atoms with Gasteiger partial charge in [0, 0.05) is 27.7 Å². The van der Waals surface area contributed by atoms with Crippen LogP contribution in [0.25, 0.3) is 32.2 Å². The van der Waals surface area contributed by atoms with Gasteiger partial charge in [0.15, 0.2) is 0 Å². The van der Waals surface area contributed by atoms with Crippen LogP contribution in [0.5, 0.6) is 5.75 Å². The molecule has 0 spiro atoms. The topological polar surface area (TPSA) is 142 Å². The summed E-state index contributed by atoms with van der Waals surface area (Å²) in [7, 11) is 0. The molecule has 42 heavy (non-hydrogen) atoms. The van der Waals surface area contributed by atoms with E-state index in [1.807, 2.05) is 0 Å². The molecule has 5 aromatic rings. The van der Waals surface area contributed by atoms with Gasteiger partial charge in [-0.05, 0) is 37.3 Å². The molecule has 0 atom stereocenters. The van der Waals surface area contributed by atoms with E-state index in [0.717, 1.165) is 4.57 Å². The summed E-state index contributed by atoms with van der Waals surface area (Å²) in [5.74, 6) is -0.685. The molecule has 0 saturated heterocycles. The fourth-order valence-corrected chi connectivity index (χ4v) is 5.79. The third-order valence-corrected chi connectivity index (χ3v) is 7.69. The lowest BCUT2D eigenvalue weighted by Gasteiger charge is -2.16. The van der Waals surface area contributed by atoms with Gasteiger partial charge in [-0.25, -0.2) is 9.78 Å². The number of thiophene rings is 1. The highest BCUT2D eigenvalue weighted by atomic mass is 35.5. The predicted molar refractivity (Wildman–Crippen MR) is 148 cm³/mol. The summed E-state index contributed by atoms with van der Waals surface area (Å²) in [6, 6.07) is 10.1. The van der Waals surface area contributed by atoms with E-state index in [1.54, 1.807) is 30.3 Å². The molecule has 3 aromatic heterocycles. The van der Waals surface area contributed by atoms with Gasteiger partial charge in [-0.3, -0.25) is 14.3 Å². The lowest BCUT2D eigenvalue weighted by atomic mass is 9.98. The Morgan fingerprint density at radius 3 is 2.57 bits per heavy atom. The van der Waals surface area contributed by atoms with Crippen LogP contribution in [0.15, 0.2) is 46.7 Å². The van der Waals surface area contributed by atoms with Crippen molar-refractivity contribution in [3.8, 4) is 29.0 Å². The van der Waals surface area contributed by atoms with Crippen LogP contribution >= 0.6 is 22.9 Å².